The highest BCUT2D eigenvalue weighted by molar-refractivity contribution is 9.10. The minimum absolute atomic E-state index is 0.157. The summed E-state index contributed by atoms with van der Waals surface area (Å²) in [4.78, 5) is 24.4. The summed E-state index contributed by atoms with van der Waals surface area (Å²) in [5, 5.41) is 11.2. The van der Waals surface area contributed by atoms with Crippen molar-refractivity contribution in [2.75, 3.05) is 26.2 Å². The Bertz CT molecular complexity index is 1280. The fraction of sp³-hybridized carbons (Fsp3) is 0.278. The Balaban J connectivity index is 1.50. The van der Waals surface area contributed by atoms with Crippen LogP contribution in [0.25, 0.3) is 11.1 Å². The molecule has 1 aliphatic rings. The molecule has 2 heterocycles. The fourth-order valence-corrected chi connectivity index (χ4v) is 5.37. The standard InChI is InChI=1S/C18H17BrN4O6S/c19-13-5-6-14-16(11-13)29-18(24)22(14)12-20-7-9-21(10-8-20)30(27,28)17-4-2-1-3-15(17)23(25)26/h1-6,11H,7-10,12H2. The minimum atomic E-state index is -4.00. The average Bonchev–Trinajstić information content (AvgIpc) is 3.02. The number of nitrogens with zero attached hydrogens (tertiary/aromatic N) is 4. The van der Waals surface area contributed by atoms with E-state index in [-0.39, 0.29) is 24.7 Å². The molecule has 1 saturated heterocycles. The average molecular weight is 497 g/mol. The maximum absolute atomic E-state index is 12.9. The van der Waals surface area contributed by atoms with Crippen molar-refractivity contribution < 1.29 is 17.8 Å². The van der Waals surface area contributed by atoms with E-state index in [0.29, 0.717) is 24.2 Å². The van der Waals surface area contributed by atoms with Crippen LogP contribution < -0.4 is 5.76 Å². The van der Waals surface area contributed by atoms with E-state index in [1.807, 2.05) is 11.0 Å². The Hall–Kier alpha value is -2.54. The van der Waals surface area contributed by atoms with Crippen molar-refractivity contribution in [3.8, 4) is 0 Å². The van der Waals surface area contributed by atoms with Gasteiger partial charge < -0.3 is 4.42 Å². The second-order valence-electron chi connectivity index (χ2n) is 6.80. The monoisotopic (exact) mass is 496 g/mol. The van der Waals surface area contributed by atoms with E-state index in [0.717, 1.165) is 4.47 Å². The van der Waals surface area contributed by atoms with E-state index in [1.54, 1.807) is 12.1 Å². The van der Waals surface area contributed by atoms with E-state index in [4.69, 9.17) is 4.42 Å². The predicted molar refractivity (Wildman–Crippen MR) is 112 cm³/mol. The third-order valence-corrected chi connectivity index (χ3v) is 7.42. The van der Waals surface area contributed by atoms with Gasteiger partial charge in [-0.25, -0.2) is 13.2 Å². The van der Waals surface area contributed by atoms with Gasteiger partial charge in [0.1, 0.15) is 0 Å². The van der Waals surface area contributed by atoms with E-state index >= 15 is 0 Å². The van der Waals surface area contributed by atoms with E-state index in [1.165, 1.54) is 33.1 Å². The van der Waals surface area contributed by atoms with Gasteiger partial charge in [-0.05, 0) is 24.3 Å². The number of fused-ring (bicyclic) bond motifs is 1. The number of oxazole rings is 1. The summed E-state index contributed by atoms with van der Waals surface area (Å²) in [5.74, 6) is -0.488. The zero-order valence-electron chi connectivity index (χ0n) is 15.6. The maximum atomic E-state index is 12.9. The van der Waals surface area contributed by atoms with Crippen LogP contribution in [0.5, 0.6) is 0 Å². The number of nitro groups is 1. The van der Waals surface area contributed by atoms with Gasteiger partial charge in [-0.15, -0.1) is 0 Å². The molecule has 0 N–H and O–H groups in total. The van der Waals surface area contributed by atoms with Gasteiger partial charge in [0.2, 0.25) is 10.0 Å². The molecule has 0 bridgehead atoms. The molecule has 0 unspecified atom stereocenters. The highest BCUT2D eigenvalue weighted by Gasteiger charge is 2.33. The molecule has 10 nitrogen and oxygen atoms in total. The van der Waals surface area contributed by atoms with Gasteiger partial charge in [0, 0.05) is 36.7 Å². The van der Waals surface area contributed by atoms with Gasteiger partial charge in [-0.2, -0.15) is 4.31 Å². The van der Waals surface area contributed by atoms with Gasteiger partial charge in [0.15, 0.2) is 10.5 Å². The Morgan fingerprint density at radius 3 is 2.50 bits per heavy atom. The van der Waals surface area contributed by atoms with Gasteiger partial charge >= 0.3 is 5.76 Å². The molecule has 12 heteroatoms. The molecule has 30 heavy (non-hydrogen) atoms. The molecule has 3 aromatic rings. The van der Waals surface area contributed by atoms with Crippen LogP contribution in [-0.2, 0) is 16.7 Å². The molecular weight excluding hydrogens is 480 g/mol. The molecule has 0 aliphatic carbocycles. The predicted octanol–water partition coefficient (Wildman–Crippen LogP) is 2.23. The first-order chi connectivity index (χ1) is 14.3. The zero-order chi connectivity index (χ0) is 21.5. The Morgan fingerprint density at radius 1 is 1.10 bits per heavy atom. The topological polar surface area (TPSA) is 119 Å². The van der Waals surface area contributed by atoms with Crippen LogP contribution >= 0.6 is 15.9 Å². The minimum Gasteiger partial charge on any atom is -0.408 e. The first-order valence-corrected chi connectivity index (χ1v) is 11.3. The van der Waals surface area contributed by atoms with Crippen LogP contribution in [0.1, 0.15) is 0 Å². The number of piperazine rings is 1. The molecule has 1 aliphatic heterocycles. The molecule has 1 fully saturated rings. The van der Waals surface area contributed by atoms with Gasteiger partial charge in [0.05, 0.1) is 17.1 Å². The number of rotatable bonds is 5. The number of aromatic nitrogens is 1. The lowest BCUT2D eigenvalue weighted by atomic mass is 10.3. The van der Waals surface area contributed by atoms with Crippen LogP contribution in [0.4, 0.5) is 5.69 Å². The van der Waals surface area contributed by atoms with E-state index in [9.17, 15) is 23.3 Å². The summed E-state index contributed by atoms with van der Waals surface area (Å²) >= 11 is 3.34. The molecule has 0 spiro atoms. The smallest absolute Gasteiger partial charge is 0.408 e. The van der Waals surface area contributed by atoms with Gasteiger partial charge in [0.25, 0.3) is 5.69 Å². The molecule has 0 atom stereocenters. The summed E-state index contributed by atoms with van der Waals surface area (Å²) < 4.78 is 34.6. The summed E-state index contributed by atoms with van der Waals surface area (Å²) in [6, 6.07) is 10.6. The molecule has 0 saturated carbocycles. The Kier molecular flexibility index (Phi) is 5.49. The third-order valence-electron chi connectivity index (χ3n) is 4.98. The molecule has 0 amide bonds. The largest absolute Gasteiger partial charge is 0.421 e. The van der Waals surface area contributed by atoms with Crippen molar-refractivity contribution >= 4 is 42.7 Å². The number of nitro benzene ring substituents is 1. The first kappa shape index (κ1) is 20.7. The Labute approximate surface area is 179 Å². The Morgan fingerprint density at radius 2 is 1.80 bits per heavy atom. The SMILES string of the molecule is O=c1oc2cc(Br)ccc2n1CN1CCN(S(=O)(=O)c2ccccc2[N+](=O)[O-])CC1. The first-order valence-electron chi connectivity index (χ1n) is 9.02. The normalized spacial score (nSPS) is 16.2. The summed E-state index contributed by atoms with van der Waals surface area (Å²) in [6.45, 7) is 1.31. The molecule has 2 aromatic carbocycles. The molecule has 0 radical (unpaired) electrons. The lowest BCUT2D eigenvalue weighted by molar-refractivity contribution is -0.387. The van der Waals surface area contributed by atoms with Crippen LogP contribution in [0.2, 0.25) is 0 Å². The second-order valence-corrected chi connectivity index (χ2v) is 9.62. The molecular formula is C18H17BrN4O6S. The number of hydrogen-bond donors (Lipinski definition) is 0. The quantitative estimate of drug-likeness (QED) is 0.392. The van der Waals surface area contributed by atoms with Crippen molar-refractivity contribution in [2.24, 2.45) is 0 Å². The molecule has 158 valence electrons. The van der Waals surface area contributed by atoms with Crippen LogP contribution in [-0.4, -0.2) is 53.3 Å². The van der Waals surface area contributed by atoms with Crippen molar-refractivity contribution in [1.82, 2.24) is 13.8 Å². The highest BCUT2D eigenvalue weighted by atomic mass is 79.9. The summed E-state index contributed by atoms with van der Waals surface area (Å²) in [7, 11) is -4.00. The number of para-hydroxylation sites is 1. The van der Waals surface area contributed by atoms with Crippen molar-refractivity contribution in [2.45, 2.75) is 11.6 Å². The van der Waals surface area contributed by atoms with Gasteiger partial charge in [-0.1, -0.05) is 28.1 Å². The maximum Gasteiger partial charge on any atom is 0.421 e. The number of hydrogen-bond acceptors (Lipinski definition) is 7. The van der Waals surface area contributed by atoms with Crippen molar-refractivity contribution in [3.05, 3.63) is 67.6 Å². The zero-order valence-corrected chi connectivity index (χ0v) is 18.0. The van der Waals surface area contributed by atoms with E-state index < -0.39 is 26.4 Å². The van der Waals surface area contributed by atoms with Crippen LogP contribution in [0.3, 0.4) is 0 Å². The van der Waals surface area contributed by atoms with Crippen molar-refractivity contribution in [3.63, 3.8) is 0 Å². The number of halogens is 1. The van der Waals surface area contributed by atoms with Crippen LogP contribution in [0, 0.1) is 10.1 Å². The van der Waals surface area contributed by atoms with Crippen LogP contribution in [0.15, 0.2) is 61.0 Å². The highest BCUT2D eigenvalue weighted by Crippen LogP contribution is 2.27. The second kappa shape index (κ2) is 7.95. The fourth-order valence-electron chi connectivity index (χ4n) is 3.45. The third kappa shape index (κ3) is 3.78. The molecule has 1 aromatic heterocycles. The lowest BCUT2D eigenvalue weighted by Crippen LogP contribution is -2.49. The van der Waals surface area contributed by atoms with Gasteiger partial charge in [-0.3, -0.25) is 19.6 Å². The molecule has 4 rings (SSSR count). The lowest BCUT2D eigenvalue weighted by Gasteiger charge is -2.33. The summed E-state index contributed by atoms with van der Waals surface area (Å²) in [5.41, 5.74) is 0.674. The number of sulfonamides is 1. The number of benzene rings is 2. The summed E-state index contributed by atoms with van der Waals surface area (Å²) in [6.07, 6.45) is 0. The van der Waals surface area contributed by atoms with E-state index in [2.05, 4.69) is 15.9 Å². The van der Waals surface area contributed by atoms with Crippen molar-refractivity contribution in [1.29, 1.82) is 0 Å².